The Hall–Kier alpha value is -2.01. The molecule has 0 amide bonds. The number of hydrogen-bond acceptors (Lipinski definition) is 4. The lowest BCUT2D eigenvalue weighted by molar-refractivity contribution is -0.129. The lowest BCUT2D eigenvalue weighted by Gasteiger charge is -2.03. The van der Waals surface area contributed by atoms with Gasteiger partial charge in [-0.25, -0.2) is 9.79 Å². The molecule has 122 valence electrons. The van der Waals surface area contributed by atoms with Gasteiger partial charge in [0.05, 0.1) is 22.2 Å². The molecule has 0 aliphatic carbocycles. The first kappa shape index (κ1) is 16.8. The Morgan fingerprint density at radius 2 is 1.83 bits per heavy atom. The molecule has 0 atom stereocenters. The summed E-state index contributed by atoms with van der Waals surface area (Å²) in [7, 11) is 1.53. The van der Waals surface area contributed by atoms with Crippen LogP contribution in [0.2, 0.25) is 15.1 Å². The van der Waals surface area contributed by atoms with Crippen LogP contribution in [0.3, 0.4) is 0 Å². The predicted octanol–water partition coefficient (Wildman–Crippen LogP) is 5.00. The van der Waals surface area contributed by atoms with Crippen LogP contribution in [0.25, 0.3) is 6.08 Å². The van der Waals surface area contributed by atoms with Crippen LogP contribution in [0.4, 0.5) is 0 Å². The number of methoxy groups -OCH3 is 1. The third-order valence-electron chi connectivity index (χ3n) is 3.27. The molecule has 0 saturated heterocycles. The smallest absolute Gasteiger partial charge is 0.363 e. The van der Waals surface area contributed by atoms with Crippen molar-refractivity contribution in [2.75, 3.05) is 7.11 Å². The number of benzene rings is 2. The van der Waals surface area contributed by atoms with Gasteiger partial charge in [0.15, 0.2) is 5.70 Å². The summed E-state index contributed by atoms with van der Waals surface area (Å²) in [6.07, 6.45) is 1.58. The molecule has 0 aromatic heterocycles. The Morgan fingerprint density at radius 3 is 2.50 bits per heavy atom. The van der Waals surface area contributed by atoms with Gasteiger partial charge in [-0.1, -0.05) is 40.9 Å². The summed E-state index contributed by atoms with van der Waals surface area (Å²) in [5, 5.41) is 1.20. The molecule has 7 heteroatoms. The summed E-state index contributed by atoms with van der Waals surface area (Å²) in [5.41, 5.74) is 1.43. The van der Waals surface area contributed by atoms with E-state index in [0.29, 0.717) is 31.9 Å². The van der Waals surface area contributed by atoms with Crippen molar-refractivity contribution in [1.29, 1.82) is 0 Å². The van der Waals surface area contributed by atoms with Gasteiger partial charge in [-0.15, -0.1) is 0 Å². The number of aliphatic imine (C=N–C) groups is 1. The van der Waals surface area contributed by atoms with E-state index >= 15 is 0 Å². The van der Waals surface area contributed by atoms with E-state index < -0.39 is 5.97 Å². The Balaban J connectivity index is 1.93. The van der Waals surface area contributed by atoms with Crippen molar-refractivity contribution < 1.29 is 14.3 Å². The van der Waals surface area contributed by atoms with Crippen molar-refractivity contribution in [2.45, 2.75) is 0 Å². The number of ether oxygens (including phenoxy) is 2. The Kier molecular flexibility index (Phi) is 4.81. The number of esters is 1. The largest absolute Gasteiger partial charge is 0.495 e. The summed E-state index contributed by atoms with van der Waals surface area (Å²) in [5.74, 6) is 0.167. The number of carbonyl (C=O) groups is 1. The van der Waals surface area contributed by atoms with Gasteiger partial charge in [0.1, 0.15) is 5.75 Å². The molecule has 3 rings (SSSR count). The first-order chi connectivity index (χ1) is 11.5. The van der Waals surface area contributed by atoms with Gasteiger partial charge in [-0.05, 0) is 42.0 Å². The zero-order valence-electron chi connectivity index (χ0n) is 12.3. The third kappa shape index (κ3) is 3.41. The van der Waals surface area contributed by atoms with Crippen molar-refractivity contribution in [1.82, 2.24) is 0 Å². The van der Waals surface area contributed by atoms with E-state index in [1.165, 1.54) is 7.11 Å². The lowest BCUT2D eigenvalue weighted by Crippen LogP contribution is -2.05. The number of nitrogens with zero attached hydrogens (tertiary/aromatic N) is 1. The molecule has 0 spiro atoms. The second kappa shape index (κ2) is 6.85. The monoisotopic (exact) mass is 381 g/mol. The van der Waals surface area contributed by atoms with Gasteiger partial charge in [0.2, 0.25) is 5.90 Å². The predicted molar refractivity (Wildman–Crippen MR) is 95.1 cm³/mol. The molecule has 2 aromatic rings. The van der Waals surface area contributed by atoms with Crippen LogP contribution in [0.1, 0.15) is 11.1 Å². The van der Waals surface area contributed by atoms with Gasteiger partial charge < -0.3 is 9.47 Å². The van der Waals surface area contributed by atoms with E-state index in [-0.39, 0.29) is 11.6 Å². The van der Waals surface area contributed by atoms with Crippen molar-refractivity contribution >= 4 is 52.7 Å². The van der Waals surface area contributed by atoms with Crippen LogP contribution in [0.5, 0.6) is 5.75 Å². The van der Waals surface area contributed by atoms with Crippen molar-refractivity contribution in [3.05, 3.63) is 68.3 Å². The van der Waals surface area contributed by atoms with Crippen LogP contribution in [-0.2, 0) is 9.53 Å². The van der Waals surface area contributed by atoms with E-state index in [9.17, 15) is 4.79 Å². The molecular weight excluding hydrogens is 373 g/mol. The van der Waals surface area contributed by atoms with Gasteiger partial charge in [0, 0.05) is 5.56 Å². The molecule has 0 unspecified atom stereocenters. The van der Waals surface area contributed by atoms with Gasteiger partial charge in [-0.2, -0.15) is 0 Å². The van der Waals surface area contributed by atoms with E-state index in [4.69, 9.17) is 44.3 Å². The quantitative estimate of drug-likeness (QED) is 0.554. The second-order valence-corrected chi connectivity index (χ2v) is 6.08. The Bertz CT molecular complexity index is 891. The zero-order valence-corrected chi connectivity index (χ0v) is 14.6. The minimum Gasteiger partial charge on any atom is -0.495 e. The molecule has 0 fully saturated rings. The minimum atomic E-state index is -0.553. The highest BCUT2D eigenvalue weighted by molar-refractivity contribution is 6.42. The molecular formula is C17H10Cl3NO3. The van der Waals surface area contributed by atoms with Gasteiger partial charge >= 0.3 is 5.97 Å². The maximum Gasteiger partial charge on any atom is 0.363 e. The molecule has 2 aromatic carbocycles. The molecule has 24 heavy (non-hydrogen) atoms. The third-order valence-corrected chi connectivity index (χ3v) is 4.30. The van der Waals surface area contributed by atoms with Crippen LogP contribution < -0.4 is 4.74 Å². The van der Waals surface area contributed by atoms with Crippen LogP contribution in [0, 0.1) is 0 Å². The summed E-state index contributed by atoms with van der Waals surface area (Å²) in [6, 6.07) is 10.0. The van der Waals surface area contributed by atoms with Gasteiger partial charge in [0.25, 0.3) is 0 Å². The number of halogens is 3. The summed E-state index contributed by atoms with van der Waals surface area (Å²) < 4.78 is 10.3. The van der Waals surface area contributed by atoms with Crippen LogP contribution in [-0.4, -0.2) is 19.0 Å². The van der Waals surface area contributed by atoms with E-state index in [2.05, 4.69) is 4.99 Å². The van der Waals surface area contributed by atoms with Crippen molar-refractivity contribution in [3.8, 4) is 5.75 Å². The summed E-state index contributed by atoms with van der Waals surface area (Å²) >= 11 is 17.9. The standard InChI is InChI=1S/C17H10Cl3NO3/c1-23-15-5-2-9(6-13(15)20)7-14-17(22)24-16(21-14)10-3-4-11(18)12(19)8-10/h2-8H,1H3. The Morgan fingerprint density at radius 1 is 1.04 bits per heavy atom. The molecule has 4 nitrogen and oxygen atoms in total. The molecule has 1 aliphatic heterocycles. The maximum absolute atomic E-state index is 12.0. The highest BCUT2D eigenvalue weighted by atomic mass is 35.5. The minimum absolute atomic E-state index is 0.164. The summed E-state index contributed by atoms with van der Waals surface area (Å²) in [6.45, 7) is 0. The fraction of sp³-hybridized carbons (Fsp3) is 0.0588. The average molecular weight is 383 g/mol. The van der Waals surface area contributed by atoms with E-state index in [1.54, 1.807) is 42.5 Å². The molecule has 0 N–H and O–H groups in total. The van der Waals surface area contributed by atoms with Crippen LogP contribution >= 0.6 is 34.8 Å². The van der Waals surface area contributed by atoms with E-state index in [0.717, 1.165) is 0 Å². The van der Waals surface area contributed by atoms with Crippen molar-refractivity contribution in [2.24, 2.45) is 4.99 Å². The highest BCUT2D eigenvalue weighted by Gasteiger charge is 2.24. The summed E-state index contributed by atoms with van der Waals surface area (Å²) in [4.78, 5) is 16.2. The number of rotatable bonds is 3. The fourth-order valence-electron chi connectivity index (χ4n) is 2.09. The topological polar surface area (TPSA) is 47.9 Å². The maximum atomic E-state index is 12.0. The number of hydrogen-bond donors (Lipinski definition) is 0. The lowest BCUT2D eigenvalue weighted by atomic mass is 10.2. The second-order valence-electron chi connectivity index (χ2n) is 4.86. The van der Waals surface area contributed by atoms with E-state index in [1.807, 2.05) is 0 Å². The average Bonchev–Trinajstić information content (AvgIpc) is 2.91. The molecule has 0 bridgehead atoms. The first-order valence-electron chi connectivity index (χ1n) is 6.79. The van der Waals surface area contributed by atoms with Crippen molar-refractivity contribution in [3.63, 3.8) is 0 Å². The first-order valence-corrected chi connectivity index (χ1v) is 7.93. The normalized spacial score (nSPS) is 15.4. The van der Waals surface area contributed by atoms with Crippen LogP contribution in [0.15, 0.2) is 47.1 Å². The Labute approximate surface area is 153 Å². The zero-order chi connectivity index (χ0) is 17.3. The molecule has 1 heterocycles. The molecule has 0 saturated carbocycles. The highest BCUT2D eigenvalue weighted by Crippen LogP contribution is 2.28. The number of cyclic esters (lactones) is 1. The molecule has 1 aliphatic rings. The SMILES string of the molecule is COc1ccc(C=C2N=C(c3ccc(Cl)c(Cl)c3)OC2=O)cc1Cl. The molecule has 0 radical (unpaired) electrons. The number of carbonyl (C=O) groups excluding carboxylic acids is 1. The fourth-order valence-corrected chi connectivity index (χ4v) is 2.66. The van der Waals surface area contributed by atoms with Gasteiger partial charge in [-0.3, -0.25) is 0 Å².